The lowest BCUT2D eigenvalue weighted by molar-refractivity contribution is 0.0577. The van der Waals surface area contributed by atoms with Gasteiger partial charge in [-0.05, 0) is 38.8 Å². The fraction of sp³-hybridized carbons (Fsp3) is 0.524. The van der Waals surface area contributed by atoms with E-state index in [1.807, 2.05) is 18.7 Å². The van der Waals surface area contributed by atoms with Crippen LogP contribution >= 0.6 is 11.3 Å². The Bertz CT molecular complexity index is 836. The molecule has 1 aromatic heterocycles. The molecule has 6 heteroatoms. The number of hydrogen-bond acceptors (Lipinski definition) is 4. The Hall–Kier alpha value is -1.79. The lowest BCUT2D eigenvalue weighted by atomic mass is 10.1. The maximum Gasteiger partial charge on any atom is 0.265 e. The molecule has 1 amide bonds. The standard InChI is InChI=1S/C21H26FN3OS/c1-14-7-8-18(22)17(13-14)20-23-15(2)19(27-20)21(26)25-11-9-24(10-12-25)16-5-3-4-6-16/h7-8,13,16H,3-6,9-12H2,1-2H3. The van der Waals surface area contributed by atoms with E-state index in [0.717, 1.165) is 31.7 Å². The summed E-state index contributed by atoms with van der Waals surface area (Å²) in [6, 6.07) is 5.71. The van der Waals surface area contributed by atoms with Crippen LogP contribution in [-0.2, 0) is 0 Å². The Labute approximate surface area is 164 Å². The van der Waals surface area contributed by atoms with Gasteiger partial charge in [0, 0.05) is 37.8 Å². The molecular formula is C21H26FN3OS. The maximum absolute atomic E-state index is 14.2. The summed E-state index contributed by atoms with van der Waals surface area (Å²) < 4.78 is 14.2. The average molecular weight is 388 g/mol. The van der Waals surface area contributed by atoms with Gasteiger partial charge in [-0.25, -0.2) is 9.37 Å². The summed E-state index contributed by atoms with van der Waals surface area (Å²) in [5.41, 5.74) is 2.16. The van der Waals surface area contributed by atoms with Crippen molar-refractivity contribution >= 4 is 17.2 Å². The van der Waals surface area contributed by atoms with Gasteiger partial charge in [-0.3, -0.25) is 9.69 Å². The van der Waals surface area contributed by atoms with Crippen LogP contribution in [0.4, 0.5) is 4.39 Å². The number of nitrogens with zero attached hydrogens (tertiary/aromatic N) is 3. The number of carbonyl (C=O) groups is 1. The van der Waals surface area contributed by atoms with Crippen molar-refractivity contribution in [2.24, 2.45) is 0 Å². The van der Waals surface area contributed by atoms with E-state index in [1.165, 1.54) is 43.1 Å². The number of piperazine rings is 1. The Morgan fingerprint density at radius 2 is 1.85 bits per heavy atom. The lowest BCUT2D eigenvalue weighted by Gasteiger charge is -2.37. The second-order valence-electron chi connectivity index (χ2n) is 7.68. The summed E-state index contributed by atoms with van der Waals surface area (Å²) in [6.45, 7) is 7.21. The van der Waals surface area contributed by atoms with Crippen LogP contribution in [-0.4, -0.2) is 52.9 Å². The van der Waals surface area contributed by atoms with Crippen LogP contribution < -0.4 is 0 Å². The van der Waals surface area contributed by atoms with Crippen LogP contribution in [0.25, 0.3) is 10.6 Å². The molecule has 2 aliphatic rings. The average Bonchev–Trinajstić information content (AvgIpc) is 3.33. The lowest BCUT2D eigenvalue weighted by Crippen LogP contribution is -2.51. The van der Waals surface area contributed by atoms with Crippen LogP contribution in [0, 0.1) is 19.7 Å². The van der Waals surface area contributed by atoms with E-state index >= 15 is 0 Å². The van der Waals surface area contributed by atoms with Crippen molar-refractivity contribution in [3.63, 3.8) is 0 Å². The Balaban J connectivity index is 1.48. The zero-order valence-corrected chi connectivity index (χ0v) is 16.8. The summed E-state index contributed by atoms with van der Waals surface area (Å²) >= 11 is 1.31. The zero-order valence-electron chi connectivity index (χ0n) is 16.0. The molecule has 4 nitrogen and oxygen atoms in total. The second-order valence-corrected chi connectivity index (χ2v) is 8.68. The maximum atomic E-state index is 14.2. The topological polar surface area (TPSA) is 36.4 Å². The molecule has 0 atom stereocenters. The first-order chi connectivity index (χ1) is 13.0. The molecule has 2 heterocycles. The molecule has 2 aromatic rings. The van der Waals surface area contributed by atoms with Crippen molar-refractivity contribution in [1.82, 2.24) is 14.8 Å². The minimum Gasteiger partial charge on any atom is -0.335 e. The molecule has 0 unspecified atom stereocenters. The van der Waals surface area contributed by atoms with E-state index in [-0.39, 0.29) is 11.7 Å². The number of aryl methyl sites for hydroxylation is 2. The third kappa shape index (κ3) is 3.78. The number of aromatic nitrogens is 1. The van der Waals surface area contributed by atoms with E-state index in [4.69, 9.17) is 0 Å². The van der Waals surface area contributed by atoms with Crippen LogP contribution in [0.3, 0.4) is 0 Å². The highest BCUT2D eigenvalue weighted by molar-refractivity contribution is 7.17. The smallest absolute Gasteiger partial charge is 0.265 e. The molecule has 0 spiro atoms. The SMILES string of the molecule is Cc1ccc(F)c(-c2nc(C)c(C(=O)N3CCN(C4CCCC4)CC3)s2)c1. The Kier molecular flexibility index (Phi) is 5.28. The highest BCUT2D eigenvalue weighted by Crippen LogP contribution is 2.32. The zero-order chi connectivity index (χ0) is 19.0. The molecule has 0 N–H and O–H groups in total. The molecule has 1 aliphatic carbocycles. The quantitative estimate of drug-likeness (QED) is 0.789. The minimum atomic E-state index is -0.293. The number of hydrogen-bond donors (Lipinski definition) is 0. The van der Waals surface area contributed by atoms with Crippen molar-refractivity contribution < 1.29 is 9.18 Å². The molecule has 1 aromatic carbocycles. The molecule has 0 radical (unpaired) electrons. The normalized spacial score (nSPS) is 19.0. The van der Waals surface area contributed by atoms with Gasteiger partial charge in [0.1, 0.15) is 15.7 Å². The number of amides is 1. The van der Waals surface area contributed by atoms with Crippen molar-refractivity contribution in [2.75, 3.05) is 26.2 Å². The van der Waals surface area contributed by atoms with E-state index < -0.39 is 0 Å². The van der Waals surface area contributed by atoms with Crippen molar-refractivity contribution in [3.8, 4) is 10.6 Å². The largest absolute Gasteiger partial charge is 0.335 e. The molecule has 1 saturated heterocycles. The van der Waals surface area contributed by atoms with Gasteiger partial charge in [-0.2, -0.15) is 0 Å². The number of thiazole rings is 1. The Morgan fingerprint density at radius 1 is 1.15 bits per heavy atom. The monoisotopic (exact) mass is 387 g/mol. The first kappa shape index (κ1) is 18.6. The molecule has 1 aliphatic heterocycles. The summed E-state index contributed by atoms with van der Waals surface area (Å²) in [5.74, 6) is -0.256. The number of carbonyl (C=O) groups excluding carboxylic acids is 1. The van der Waals surface area contributed by atoms with Crippen molar-refractivity contribution in [1.29, 1.82) is 0 Å². The van der Waals surface area contributed by atoms with E-state index in [2.05, 4.69) is 9.88 Å². The van der Waals surface area contributed by atoms with Crippen LogP contribution in [0.15, 0.2) is 18.2 Å². The van der Waals surface area contributed by atoms with Gasteiger partial charge in [-0.1, -0.05) is 24.5 Å². The third-order valence-corrected chi connectivity index (χ3v) is 6.96. The van der Waals surface area contributed by atoms with Gasteiger partial charge in [0.25, 0.3) is 5.91 Å². The summed E-state index contributed by atoms with van der Waals surface area (Å²) in [7, 11) is 0. The summed E-state index contributed by atoms with van der Waals surface area (Å²) in [5, 5.41) is 0.585. The summed E-state index contributed by atoms with van der Waals surface area (Å²) in [6.07, 6.45) is 5.27. The fourth-order valence-corrected chi connectivity index (χ4v) is 5.27. The third-order valence-electron chi connectivity index (χ3n) is 5.79. The predicted molar refractivity (Wildman–Crippen MR) is 107 cm³/mol. The van der Waals surface area contributed by atoms with Gasteiger partial charge < -0.3 is 4.90 Å². The van der Waals surface area contributed by atoms with Crippen molar-refractivity contribution in [2.45, 2.75) is 45.6 Å². The van der Waals surface area contributed by atoms with Crippen LogP contribution in [0.2, 0.25) is 0 Å². The van der Waals surface area contributed by atoms with E-state index in [0.29, 0.717) is 27.2 Å². The van der Waals surface area contributed by atoms with Gasteiger partial charge in [-0.15, -0.1) is 11.3 Å². The van der Waals surface area contributed by atoms with Crippen LogP contribution in [0.1, 0.15) is 46.6 Å². The molecule has 1 saturated carbocycles. The molecule has 0 bridgehead atoms. The fourth-order valence-electron chi connectivity index (χ4n) is 4.22. The second kappa shape index (κ2) is 7.68. The molecule has 27 heavy (non-hydrogen) atoms. The highest BCUT2D eigenvalue weighted by Gasteiger charge is 2.30. The number of rotatable bonds is 3. The van der Waals surface area contributed by atoms with Gasteiger partial charge in [0.05, 0.1) is 5.69 Å². The molecular weight excluding hydrogens is 361 g/mol. The first-order valence-corrected chi connectivity index (χ1v) is 10.6. The molecule has 144 valence electrons. The van der Waals surface area contributed by atoms with Gasteiger partial charge in [0.15, 0.2) is 0 Å². The highest BCUT2D eigenvalue weighted by atomic mass is 32.1. The number of benzene rings is 1. The van der Waals surface area contributed by atoms with Crippen LogP contribution in [0.5, 0.6) is 0 Å². The van der Waals surface area contributed by atoms with Gasteiger partial charge in [0.2, 0.25) is 0 Å². The summed E-state index contributed by atoms with van der Waals surface area (Å²) in [4.78, 5) is 22.6. The first-order valence-electron chi connectivity index (χ1n) is 9.80. The molecule has 2 fully saturated rings. The van der Waals surface area contributed by atoms with E-state index in [1.54, 1.807) is 12.1 Å². The van der Waals surface area contributed by atoms with E-state index in [9.17, 15) is 9.18 Å². The minimum absolute atomic E-state index is 0.0374. The number of halogens is 1. The Morgan fingerprint density at radius 3 is 2.56 bits per heavy atom. The van der Waals surface area contributed by atoms with Crippen molar-refractivity contribution in [3.05, 3.63) is 40.2 Å². The molecule has 4 rings (SSSR count). The van der Waals surface area contributed by atoms with Gasteiger partial charge >= 0.3 is 0 Å². The predicted octanol–water partition coefficient (Wildman–Crippen LogP) is 4.27.